The standard InChI is InChI=1S/C15H17N3O3/c1-9-10(2)17-18-14(9)16-15(19)11-4-5-12-13(8-11)21-7-3-6-20-12/h4-5,8H,3,6-7H2,1-2H3,(H2,16,17,18,19). The number of nitrogens with zero attached hydrogens (tertiary/aromatic N) is 1. The van der Waals surface area contributed by atoms with Crippen LogP contribution in [0.4, 0.5) is 5.82 Å². The van der Waals surface area contributed by atoms with Crippen LogP contribution < -0.4 is 14.8 Å². The zero-order valence-corrected chi connectivity index (χ0v) is 12.0. The van der Waals surface area contributed by atoms with Gasteiger partial charge < -0.3 is 14.8 Å². The maximum Gasteiger partial charge on any atom is 0.257 e. The molecule has 110 valence electrons. The molecule has 1 aliphatic heterocycles. The third-order valence-electron chi connectivity index (χ3n) is 3.49. The first-order valence-corrected chi connectivity index (χ1v) is 6.87. The van der Waals surface area contributed by atoms with E-state index in [-0.39, 0.29) is 5.91 Å². The molecule has 2 heterocycles. The van der Waals surface area contributed by atoms with Crippen LogP contribution in [0.5, 0.6) is 11.5 Å². The van der Waals surface area contributed by atoms with Crippen LogP contribution in [0.15, 0.2) is 18.2 Å². The SMILES string of the molecule is Cc1[nH]nc(NC(=O)c2ccc3c(c2)OCCCO3)c1C. The monoisotopic (exact) mass is 287 g/mol. The second kappa shape index (κ2) is 5.47. The minimum atomic E-state index is -0.222. The van der Waals surface area contributed by atoms with E-state index in [4.69, 9.17) is 9.47 Å². The Morgan fingerprint density at radius 3 is 2.71 bits per heavy atom. The number of fused-ring (bicyclic) bond motifs is 1. The number of carbonyl (C=O) groups is 1. The number of rotatable bonds is 2. The minimum absolute atomic E-state index is 0.222. The Bertz CT molecular complexity index is 679. The molecule has 21 heavy (non-hydrogen) atoms. The van der Waals surface area contributed by atoms with E-state index in [0.29, 0.717) is 36.1 Å². The molecular formula is C15H17N3O3. The summed E-state index contributed by atoms with van der Waals surface area (Å²) in [4.78, 5) is 12.3. The third-order valence-corrected chi connectivity index (χ3v) is 3.49. The van der Waals surface area contributed by atoms with Gasteiger partial charge in [-0.3, -0.25) is 9.89 Å². The van der Waals surface area contributed by atoms with E-state index in [1.807, 2.05) is 13.8 Å². The summed E-state index contributed by atoms with van der Waals surface area (Å²) >= 11 is 0. The van der Waals surface area contributed by atoms with Crippen LogP contribution in [-0.4, -0.2) is 29.3 Å². The van der Waals surface area contributed by atoms with Crippen molar-refractivity contribution in [3.8, 4) is 11.5 Å². The topological polar surface area (TPSA) is 76.2 Å². The average molecular weight is 287 g/mol. The van der Waals surface area contributed by atoms with Crippen LogP contribution in [0.25, 0.3) is 0 Å². The van der Waals surface area contributed by atoms with Gasteiger partial charge in [0, 0.05) is 23.2 Å². The van der Waals surface area contributed by atoms with Crippen molar-refractivity contribution in [2.45, 2.75) is 20.3 Å². The number of benzene rings is 1. The van der Waals surface area contributed by atoms with Crippen LogP contribution in [0.2, 0.25) is 0 Å². The lowest BCUT2D eigenvalue weighted by molar-refractivity contribution is 0.102. The van der Waals surface area contributed by atoms with Crippen molar-refractivity contribution >= 4 is 11.7 Å². The Labute approximate surface area is 122 Å². The molecule has 0 aliphatic carbocycles. The number of amides is 1. The summed E-state index contributed by atoms with van der Waals surface area (Å²) in [5, 5.41) is 9.70. The lowest BCUT2D eigenvalue weighted by atomic mass is 10.2. The number of anilines is 1. The Kier molecular flexibility index (Phi) is 3.51. The summed E-state index contributed by atoms with van der Waals surface area (Å²) in [6.45, 7) is 5.04. The van der Waals surface area contributed by atoms with Gasteiger partial charge in [0.15, 0.2) is 17.3 Å². The first-order valence-electron chi connectivity index (χ1n) is 6.87. The highest BCUT2D eigenvalue weighted by Gasteiger charge is 2.16. The number of aromatic amines is 1. The highest BCUT2D eigenvalue weighted by atomic mass is 16.5. The van der Waals surface area contributed by atoms with Crippen molar-refractivity contribution in [2.24, 2.45) is 0 Å². The molecular weight excluding hydrogens is 270 g/mol. The molecule has 1 aromatic carbocycles. The van der Waals surface area contributed by atoms with E-state index < -0.39 is 0 Å². The van der Waals surface area contributed by atoms with Gasteiger partial charge in [-0.25, -0.2) is 0 Å². The second-order valence-corrected chi connectivity index (χ2v) is 4.99. The normalized spacial score (nSPS) is 13.6. The summed E-state index contributed by atoms with van der Waals surface area (Å²) < 4.78 is 11.1. The molecule has 1 aliphatic rings. The predicted molar refractivity (Wildman–Crippen MR) is 78.1 cm³/mol. The van der Waals surface area contributed by atoms with Crippen LogP contribution in [-0.2, 0) is 0 Å². The van der Waals surface area contributed by atoms with E-state index in [2.05, 4.69) is 15.5 Å². The molecule has 2 N–H and O–H groups in total. The van der Waals surface area contributed by atoms with Gasteiger partial charge in [-0.1, -0.05) is 0 Å². The lowest BCUT2D eigenvalue weighted by Gasteiger charge is -2.09. The predicted octanol–water partition coefficient (Wildman–Crippen LogP) is 2.44. The highest BCUT2D eigenvalue weighted by molar-refractivity contribution is 6.04. The van der Waals surface area contributed by atoms with Crippen molar-refractivity contribution in [2.75, 3.05) is 18.5 Å². The molecule has 0 saturated heterocycles. The molecule has 3 rings (SSSR count). The molecule has 2 aromatic rings. The number of carbonyl (C=O) groups excluding carboxylic acids is 1. The molecule has 0 spiro atoms. The molecule has 6 heteroatoms. The fourth-order valence-electron chi connectivity index (χ4n) is 2.09. The van der Waals surface area contributed by atoms with E-state index in [1.165, 1.54) is 0 Å². The fourth-order valence-corrected chi connectivity index (χ4v) is 2.09. The fraction of sp³-hybridized carbons (Fsp3) is 0.333. The van der Waals surface area contributed by atoms with E-state index in [0.717, 1.165) is 17.7 Å². The molecule has 1 amide bonds. The third kappa shape index (κ3) is 2.69. The number of aryl methyl sites for hydroxylation is 1. The first-order chi connectivity index (χ1) is 10.1. The zero-order chi connectivity index (χ0) is 14.8. The van der Waals surface area contributed by atoms with E-state index in [1.54, 1.807) is 18.2 Å². The summed E-state index contributed by atoms with van der Waals surface area (Å²) in [6.07, 6.45) is 0.835. The number of nitrogens with one attached hydrogen (secondary N) is 2. The highest BCUT2D eigenvalue weighted by Crippen LogP contribution is 2.30. The maximum atomic E-state index is 12.3. The molecule has 1 aromatic heterocycles. The van der Waals surface area contributed by atoms with Gasteiger partial charge in [-0.05, 0) is 32.0 Å². The van der Waals surface area contributed by atoms with Crippen LogP contribution >= 0.6 is 0 Å². The summed E-state index contributed by atoms with van der Waals surface area (Å²) in [6, 6.07) is 5.18. The molecule has 0 radical (unpaired) electrons. The molecule has 6 nitrogen and oxygen atoms in total. The minimum Gasteiger partial charge on any atom is -0.490 e. The van der Waals surface area contributed by atoms with Gasteiger partial charge in [-0.15, -0.1) is 0 Å². The largest absolute Gasteiger partial charge is 0.490 e. The maximum absolute atomic E-state index is 12.3. The molecule has 0 bridgehead atoms. The Hall–Kier alpha value is -2.50. The molecule has 0 fully saturated rings. The van der Waals surface area contributed by atoms with Gasteiger partial charge in [0.1, 0.15) is 0 Å². The van der Waals surface area contributed by atoms with Crippen molar-refractivity contribution in [1.82, 2.24) is 10.2 Å². The Morgan fingerprint density at radius 1 is 1.24 bits per heavy atom. The van der Waals surface area contributed by atoms with Crippen LogP contribution in [0.3, 0.4) is 0 Å². The van der Waals surface area contributed by atoms with Gasteiger partial charge in [0.2, 0.25) is 0 Å². The van der Waals surface area contributed by atoms with Crippen molar-refractivity contribution in [3.05, 3.63) is 35.0 Å². The zero-order valence-electron chi connectivity index (χ0n) is 12.0. The number of aromatic nitrogens is 2. The number of H-pyrrole nitrogens is 1. The van der Waals surface area contributed by atoms with Gasteiger partial charge in [0.05, 0.1) is 13.2 Å². The lowest BCUT2D eigenvalue weighted by Crippen LogP contribution is -2.13. The van der Waals surface area contributed by atoms with E-state index >= 15 is 0 Å². The van der Waals surface area contributed by atoms with Crippen molar-refractivity contribution in [1.29, 1.82) is 0 Å². The van der Waals surface area contributed by atoms with Crippen molar-refractivity contribution < 1.29 is 14.3 Å². The smallest absolute Gasteiger partial charge is 0.257 e. The summed E-state index contributed by atoms with van der Waals surface area (Å²) in [5.74, 6) is 1.61. The van der Waals surface area contributed by atoms with Gasteiger partial charge in [-0.2, -0.15) is 5.10 Å². The summed E-state index contributed by atoms with van der Waals surface area (Å²) in [7, 11) is 0. The Balaban J connectivity index is 1.82. The van der Waals surface area contributed by atoms with Crippen LogP contribution in [0.1, 0.15) is 28.0 Å². The second-order valence-electron chi connectivity index (χ2n) is 4.99. The van der Waals surface area contributed by atoms with Crippen LogP contribution in [0, 0.1) is 13.8 Å². The van der Waals surface area contributed by atoms with Gasteiger partial charge in [0.25, 0.3) is 5.91 Å². The van der Waals surface area contributed by atoms with Crippen molar-refractivity contribution in [3.63, 3.8) is 0 Å². The van der Waals surface area contributed by atoms with Gasteiger partial charge >= 0.3 is 0 Å². The molecule has 0 unspecified atom stereocenters. The first kappa shape index (κ1) is 13.5. The molecule has 0 atom stereocenters. The number of hydrogen-bond acceptors (Lipinski definition) is 4. The Morgan fingerprint density at radius 2 is 2.00 bits per heavy atom. The van der Waals surface area contributed by atoms with E-state index in [9.17, 15) is 4.79 Å². The quantitative estimate of drug-likeness (QED) is 0.889. The summed E-state index contributed by atoms with van der Waals surface area (Å²) in [5.41, 5.74) is 2.38. The molecule has 0 saturated carbocycles. The number of hydrogen-bond donors (Lipinski definition) is 2. The number of ether oxygens (including phenoxy) is 2. The average Bonchev–Trinajstić information content (AvgIpc) is 2.71.